The van der Waals surface area contributed by atoms with E-state index in [-0.39, 0.29) is 6.42 Å². The van der Waals surface area contributed by atoms with Gasteiger partial charge in [0.15, 0.2) is 11.7 Å². The van der Waals surface area contributed by atoms with Gasteiger partial charge in [0.1, 0.15) is 12.2 Å². The van der Waals surface area contributed by atoms with Crippen molar-refractivity contribution in [2.45, 2.75) is 76.0 Å². The zero-order valence-corrected chi connectivity index (χ0v) is 16.9. The maximum absolute atomic E-state index is 13.4. The summed E-state index contributed by atoms with van der Waals surface area (Å²) in [6.45, 7) is 7.00. The molecule has 0 bridgehead atoms. The van der Waals surface area contributed by atoms with E-state index in [1.165, 1.54) is 6.92 Å². The van der Waals surface area contributed by atoms with Gasteiger partial charge in [-0.3, -0.25) is 9.59 Å². The van der Waals surface area contributed by atoms with Gasteiger partial charge in [-0.05, 0) is 12.3 Å². The number of fused-ring (bicyclic) bond motifs is 1. The molecule has 2 saturated carbocycles. The lowest BCUT2D eigenvalue weighted by Gasteiger charge is -2.46. The molecule has 0 amide bonds. The monoisotopic (exact) mass is 424 g/mol. The van der Waals surface area contributed by atoms with E-state index in [9.17, 15) is 29.7 Å². The number of aliphatic hydroxyl groups is 3. The van der Waals surface area contributed by atoms with Crippen LogP contribution in [0, 0.1) is 28.1 Å². The van der Waals surface area contributed by atoms with Crippen LogP contribution in [0.4, 0.5) is 0 Å². The summed E-state index contributed by atoms with van der Waals surface area (Å²) in [5, 5.41) is 34.8. The van der Waals surface area contributed by atoms with E-state index in [4.69, 9.17) is 18.9 Å². The number of rotatable bonds is 0. The van der Waals surface area contributed by atoms with Crippen molar-refractivity contribution in [1.29, 1.82) is 0 Å². The Labute approximate surface area is 171 Å². The van der Waals surface area contributed by atoms with E-state index in [0.29, 0.717) is 0 Å². The maximum atomic E-state index is 13.4. The highest BCUT2D eigenvalue weighted by atomic mass is 16.7. The molecule has 30 heavy (non-hydrogen) atoms. The standard InChI is InChI=1S/C20H24O10/c1-6-13(24)28-12-10(23)18-11-8(22)9(16(2,3)4)17(18)5-7(21)27-15(17)30-20(18,14(25)29-11)19(6,12)26/h6,8-12,15,22-23,26H,5H2,1-4H3/t6-,8-,9+,10?,11?,12?,15?,17?,18?,19-,20?/m1/s1. The molecule has 2 spiro atoms. The summed E-state index contributed by atoms with van der Waals surface area (Å²) >= 11 is 0. The van der Waals surface area contributed by atoms with Gasteiger partial charge in [0, 0.05) is 5.92 Å². The Morgan fingerprint density at radius 2 is 1.70 bits per heavy atom. The molecule has 3 N–H and O–H groups in total. The van der Waals surface area contributed by atoms with Crippen molar-refractivity contribution in [3.63, 3.8) is 0 Å². The van der Waals surface area contributed by atoms with E-state index >= 15 is 0 Å². The first-order valence-electron chi connectivity index (χ1n) is 10.2. The molecule has 0 aromatic rings. The number of hydrogen-bond donors (Lipinski definition) is 3. The highest BCUT2D eigenvalue weighted by Crippen LogP contribution is 2.84. The van der Waals surface area contributed by atoms with Crippen molar-refractivity contribution in [1.82, 2.24) is 0 Å². The van der Waals surface area contributed by atoms with E-state index in [1.807, 2.05) is 20.8 Å². The minimum absolute atomic E-state index is 0.228. The molecule has 0 aromatic carbocycles. The third-order valence-electron chi connectivity index (χ3n) is 8.85. The highest BCUT2D eigenvalue weighted by Gasteiger charge is 3.03. The first-order chi connectivity index (χ1) is 13.8. The van der Waals surface area contributed by atoms with Crippen molar-refractivity contribution in [2.75, 3.05) is 0 Å². The zero-order valence-electron chi connectivity index (χ0n) is 16.9. The topological polar surface area (TPSA) is 149 Å². The van der Waals surface area contributed by atoms with Crippen LogP contribution in [0.1, 0.15) is 34.1 Å². The normalized spacial score (nSPS) is 60.1. The molecule has 6 rings (SSSR count). The molecule has 7 unspecified atom stereocenters. The van der Waals surface area contributed by atoms with Crippen LogP contribution in [-0.4, -0.2) is 75.1 Å². The molecule has 6 aliphatic rings. The summed E-state index contributed by atoms with van der Waals surface area (Å²) in [4.78, 5) is 38.2. The van der Waals surface area contributed by atoms with Gasteiger partial charge in [0.25, 0.3) is 0 Å². The Balaban J connectivity index is 1.72. The van der Waals surface area contributed by atoms with Crippen LogP contribution in [0.2, 0.25) is 0 Å². The van der Waals surface area contributed by atoms with Crippen molar-refractivity contribution in [2.24, 2.45) is 28.1 Å². The molecule has 10 nitrogen and oxygen atoms in total. The van der Waals surface area contributed by atoms with E-state index in [1.54, 1.807) is 0 Å². The van der Waals surface area contributed by atoms with E-state index in [2.05, 4.69) is 0 Å². The summed E-state index contributed by atoms with van der Waals surface area (Å²) in [7, 11) is 0. The van der Waals surface area contributed by atoms with Crippen molar-refractivity contribution >= 4 is 17.9 Å². The number of hydrogen-bond acceptors (Lipinski definition) is 10. The van der Waals surface area contributed by atoms with Crippen LogP contribution in [-0.2, 0) is 33.3 Å². The predicted octanol–water partition coefficient (Wildman–Crippen LogP) is -1.37. The first kappa shape index (κ1) is 19.0. The average Bonchev–Trinajstić information content (AvgIpc) is 3.32. The predicted molar refractivity (Wildman–Crippen MR) is 92.0 cm³/mol. The second-order valence-corrected chi connectivity index (χ2v) is 10.7. The Kier molecular flexibility index (Phi) is 2.97. The smallest absolute Gasteiger partial charge is 0.343 e. The minimum Gasteiger partial charge on any atom is -0.456 e. The van der Waals surface area contributed by atoms with Crippen LogP contribution in [0.5, 0.6) is 0 Å². The summed E-state index contributed by atoms with van der Waals surface area (Å²) < 4.78 is 22.5. The molecule has 11 atom stereocenters. The highest BCUT2D eigenvalue weighted by molar-refractivity contribution is 5.93. The van der Waals surface area contributed by atoms with E-state index in [0.717, 1.165) is 0 Å². The van der Waals surface area contributed by atoms with Crippen LogP contribution in [0.25, 0.3) is 0 Å². The van der Waals surface area contributed by atoms with Crippen LogP contribution < -0.4 is 0 Å². The molecule has 0 radical (unpaired) electrons. The van der Waals surface area contributed by atoms with Gasteiger partial charge in [-0.2, -0.15) is 0 Å². The Hall–Kier alpha value is -1.75. The molecule has 10 heteroatoms. The third-order valence-corrected chi connectivity index (χ3v) is 8.85. The SMILES string of the molecule is C[C@@H]1C(=O)OC2C(O)C34C5OC(=O)C3(OC3OC(=O)CC34[C@H](C(C)(C)C)[C@H]5O)[C@]21O. The number of aliphatic hydroxyl groups excluding tert-OH is 2. The lowest BCUT2D eigenvalue weighted by molar-refractivity contribution is -0.240. The molecule has 4 aliphatic heterocycles. The third kappa shape index (κ3) is 1.35. The molecule has 0 aromatic heterocycles. The maximum Gasteiger partial charge on any atom is 0.343 e. The van der Waals surface area contributed by atoms with Crippen molar-refractivity contribution < 1.29 is 48.7 Å². The fourth-order valence-electron chi connectivity index (χ4n) is 8.27. The Morgan fingerprint density at radius 3 is 2.33 bits per heavy atom. The van der Waals surface area contributed by atoms with Gasteiger partial charge in [-0.1, -0.05) is 20.8 Å². The average molecular weight is 424 g/mol. The molecule has 4 saturated heterocycles. The minimum atomic E-state index is -2.24. The van der Waals surface area contributed by atoms with Gasteiger partial charge >= 0.3 is 17.9 Å². The lowest BCUT2D eigenvalue weighted by Crippen LogP contribution is -2.65. The van der Waals surface area contributed by atoms with Gasteiger partial charge in [0.2, 0.25) is 11.9 Å². The van der Waals surface area contributed by atoms with Crippen LogP contribution in [0.15, 0.2) is 0 Å². The quantitative estimate of drug-likeness (QED) is 0.314. The molecule has 4 heterocycles. The molecule has 6 fully saturated rings. The number of esters is 3. The summed E-state index contributed by atoms with van der Waals surface area (Å²) in [6.07, 6.45) is -7.11. The largest absolute Gasteiger partial charge is 0.456 e. The Morgan fingerprint density at radius 1 is 1.03 bits per heavy atom. The summed E-state index contributed by atoms with van der Waals surface area (Å²) in [6, 6.07) is 0. The van der Waals surface area contributed by atoms with Gasteiger partial charge in [-0.25, -0.2) is 4.79 Å². The molecule has 2 aliphatic carbocycles. The van der Waals surface area contributed by atoms with Crippen LogP contribution in [0.3, 0.4) is 0 Å². The number of carbonyl (C=O) groups is 3. The second kappa shape index (κ2) is 4.69. The van der Waals surface area contributed by atoms with Crippen molar-refractivity contribution in [3.05, 3.63) is 0 Å². The molecular formula is C20H24O10. The fraction of sp³-hybridized carbons (Fsp3) is 0.850. The Bertz CT molecular complexity index is 925. The van der Waals surface area contributed by atoms with E-state index < -0.39 is 87.9 Å². The van der Waals surface area contributed by atoms with Gasteiger partial charge in [0.05, 0.1) is 29.3 Å². The fourth-order valence-corrected chi connectivity index (χ4v) is 8.27. The first-order valence-corrected chi connectivity index (χ1v) is 10.2. The summed E-state index contributed by atoms with van der Waals surface area (Å²) in [5.41, 5.74) is -8.15. The second-order valence-electron chi connectivity index (χ2n) is 10.7. The number of carbonyl (C=O) groups excluding carboxylic acids is 3. The lowest BCUT2D eigenvalue weighted by atomic mass is 9.52. The zero-order chi connectivity index (χ0) is 21.8. The number of ether oxygens (including phenoxy) is 4. The summed E-state index contributed by atoms with van der Waals surface area (Å²) in [5.74, 6) is -4.24. The van der Waals surface area contributed by atoms with Gasteiger partial charge in [-0.15, -0.1) is 0 Å². The van der Waals surface area contributed by atoms with Crippen molar-refractivity contribution in [3.8, 4) is 0 Å². The van der Waals surface area contributed by atoms with Gasteiger partial charge < -0.3 is 34.3 Å². The van der Waals surface area contributed by atoms with Crippen LogP contribution >= 0.6 is 0 Å². The molecular weight excluding hydrogens is 400 g/mol. The molecule has 164 valence electrons.